The summed E-state index contributed by atoms with van der Waals surface area (Å²) in [7, 11) is 0. The first-order valence-electron chi connectivity index (χ1n) is 6.57. The lowest BCUT2D eigenvalue weighted by Gasteiger charge is -2.38. The molecular weight excluding hydrogens is 202 g/mol. The van der Waals surface area contributed by atoms with Crippen molar-refractivity contribution in [2.75, 3.05) is 52.4 Å². The van der Waals surface area contributed by atoms with Crippen molar-refractivity contribution in [2.45, 2.75) is 26.0 Å². The van der Waals surface area contributed by atoms with Gasteiger partial charge in [0.15, 0.2) is 0 Å². The lowest BCUT2D eigenvalue weighted by atomic mass is 10.2. The van der Waals surface area contributed by atoms with Crippen LogP contribution in [0.2, 0.25) is 0 Å². The molecule has 0 aromatic carbocycles. The molecule has 0 amide bonds. The fourth-order valence-electron chi connectivity index (χ4n) is 2.64. The highest BCUT2D eigenvalue weighted by molar-refractivity contribution is 4.80. The molecule has 0 saturated carbocycles. The number of hydrogen-bond acceptors (Lipinski definition) is 4. The number of rotatable bonds is 3. The van der Waals surface area contributed by atoms with Crippen LogP contribution in [0.1, 0.15) is 13.8 Å². The van der Waals surface area contributed by atoms with E-state index in [-0.39, 0.29) is 0 Å². The van der Waals surface area contributed by atoms with Crippen LogP contribution in [0.25, 0.3) is 0 Å². The number of morpholine rings is 1. The molecule has 2 saturated heterocycles. The molecule has 2 unspecified atom stereocenters. The molecule has 4 nitrogen and oxygen atoms in total. The Hall–Kier alpha value is -0.160. The maximum Gasteiger partial charge on any atom is 0.0829 e. The van der Waals surface area contributed by atoms with E-state index in [4.69, 9.17) is 4.74 Å². The van der Waals surface area contributed by atoms with Crippen molar-refractivity contribution >= 4 is 0 Å². The van der Waals surface area contributed by atoms with Crippen LogP contribution >= 0.6 is 0 Å². The predicted molar refractivity (Wildman–Crippen MR) is 65.8 cm³/mol. The molecular formula is C12H25N3O. The summed E-state index contributed by atoms with van der Waals surface area (Å²) in [5.74, 6) is 0. The Labute approximate surface area is 98.9 Å². The molecule has 2 aliphatic heterocycles. The molecule has 0 aliphatic carbocycles. The zero-order valence-electron chi connectivity index (χ0n) is 10.6. The SMILES string of the molecule is CCN1CCOC(CN2CCNC(C)C2)C1. The van der Waals surface area contributed by atoms with Crippen molar-refractivity contribution in [1.82, 2.24) is 15.1 Å². The van der Waals surface area contributed by atoms with Crippen LogP contribution in [-0.4, -0.2) is 74.4 Å². The number of likely N-dealkylation sites (N-methyl/N-ethyl adjacent to an activating group) is 1. The van der Waals surface area contributed by atoms with Crippen LogP contribution in [0.5, 0.6) is 0 Å². The highest BCUT2D eigenvalue weighted by atomic mass is 16.5. The molecule has 2 heterocycles. The van der Waals surface area contributed by atoms with E-state index in [0.717, 1.165) is 52.4 Å². The van der Waals surface area contributed by atoms with Crippen molar-refractivity contribution in [3.63, 3.8) is 0 Å². The van der Waals surface area contributed by atoms with Crippen LogP contribution in [0.15, 0.2) is 0 Å². The largest absolute Gasteiger partial charge is 0.374 e. The molecule has 0 radical (unpaired) electrons. The van der Waals surface area contributed by atoms with Crippen LogP contribution < -0.4 is 5.32 Å². The van der Waals surface area contributed by atoms with Crippen molar-refractivity contribution in [1.29, 1.82) is 0 Å². The molecule has 94 valence electrons. The van der Waals surface area contributed by atoms with E-state index < -0.39 is 0 Å². The fourth-order valence-corrected chi connectivity index (χ4v) is 2.64. The average molecular weight is 227 g/mol. The molecule has 2 atom stereocenters. The number of piperazine rings is 1. The molecule has 2 rings (SSSR count). The van der Waals surface area contributed by atoms with E-state index in [2.05, 4.69) is 29.0 Å². The van der Waals surface area contributed by atoms with Crippen molar-refractivity contribution < 1.29 is 4.74 Å². The van der Waals surface area contributed by atoms with E-state index in [1.54, 1.807) is 0 Å². The Morgan fingerprint density at radius 2 is 2.12 bits per heavy atom. The van der Waals surface area contributed by atoms with E-state index >= 15 is 0 Å². The van der Waals surface area contributed by atoms with Crippen LogP contribution in [0.3, 0.4) is 0 Å². The summed E-state index contributed by atoms with van der Waals surface area (Å²) < 4.78 is 5.84. The van der Waals surface area contributed by atoms with Gasteiger partial charge in [0.25, 0.3) is 0 Å². The molecule has 2 fully saturated rings. The highest BCUT2D eigenvalue weighted by Crippen LogP contribution is 2.08. The third-order valence-electron chi connectivity index (χ3n) is 3.58. The first kappa shape index (κ1) is 12.3. The standard InChI is InChI=1S/C12H25N3O/c1-3-14-6-7-16-12(9-14)10-15-5-4-13-11(2)8-15/h11-13H,3-10H2,1-2H3. The number of hydrogen-bond donors (Lipinski definition) is 1. The number of ether oxygens (including phenoxy) is 1. The lowest BCUT2D eigenvalue weighted by molar-refractivity contribution is -0.0443. The molecule has 2 aliphatic rings. The van der Waals surface area contributed by atoms with Gasteiger partial charge in [0.2, 0.25) is 0 Å². The Kier molecular flexibility index (Phi) is 4.58. The lowest BCUT2D eigenvalue weighted by Crippen LogP contribution is -2.54. The summed E-state index contributed by atoms with van der Waals surface area (Å²) in [5, 5.41) is 3.48. The minimum Gasteiger partial charge on any atom is -0.374 e. The molecule has 16 heavy (non-hydrogen) atoms. The van der Waals surface area contributed by atoms with Gasteiger partial charge in [-0.15, -0.1) is 0 Å². The van der Waals surface area contributed by atoms with Crippen LogP contribution in [0, 0.1) is 0 Å². The highest BCUT2D eigenvalue weighted by Gasteiger charge is 2.23. The summed E-state index contributed by atoms with van der Waals surface area (Å²) in [6, 6.07) is 0.625. The van der Waals surface area contributed by atoms with Gasteiger partial charge >= 0.3 is 0 Å². The Morgan fingerprint density at radius 1 is 1.25 bits per heavy atom. The molecule has 0 bridgehead atoms. The van der Waals surface area contributed by atoms with Gasteiger partial charge in [-0.25, -0.2) is 0 Å². The van der Waals surface area contributed by atoms with Gasteiger partial charge < -0.3 is 10.1 Å². The third kappa shape index (κ3) is 3.42. The Morgan fingerprint density at radius 3 is 2.88 bits per heavy atom. The van der Waals surface area contributed by atoms with E-state index in [1.165, 1.54) is 0 Å². The first-order valence-corrected chi connectivity index (χ1v) is 6.57. The second-order valence-electron chi connectivity index (χ2n) is 5.00. The number of nitrogens with zero attached hydrogens (tertiary/aromatic N) is 2. The number of nitrogens with one attached hydrogen (secondary N) is 1. The van der Waals surface area contributed by atoms with Crippen LogP contribution in [-0.2, 0) is 4.74 Å². The van der Waals surface area contributed by atoms with E-state index in [9.17, 15) is 0 Å². The monoisotopic (exact) mass is 227 g/mol. The average Bonchev–Trinajstić information content (AvgIpc) is 2.29. The quantitative estimate of drug-likeness (QED) is 0.734. The summed E-state index contributed by atoms with van der Waals surface area (Å²) in [6.45, 7) is 13.3. The molecule has 0 aromatic heterocycles. The predicted octanol–water partition coefficient (Wildman–Crippen LogP) is 0.000800. The molecule has 0 aromatic rings. The smallest absolute Gasteiger partial charge is 0.0829 e. The maximum atomic E-state index is 5.84. The molecule has 1 N–H and O–H groups in total. The van der Waals surface area contributed by atoms with Gasteiger partial charge in [-0.3, -0.25) is 9.80 Å². The van der Waals surface area contributed by atoms with Crippen molar-refractivity contribution in [3.05, 3.63) is 0 Å². The summed E-state index contributed by atoms with van der Waals surface area (Å²) in [4.78, 5) is 5.02. The van der Waals surface area contributed by atoms with Gasteiger partial charge in [-0.05, 0) is 13.5 Å². The van der Waals surface area contributed by atoms with Gasteiger partial charge in [0.05, 0.1) is 12.7 Å². The third-order valence-corrected chi connectivity index (χ3v) is 3.58. The normalized spacial score (nSPS) is 34.1. The fraction of sp³-hybridized carbons (Fsp3) is 1.00. The first-order chi connectivity index (χ1) is 7.78. The summed E-state index contributed by atoms with van der Waals surface area (Å²) >= 11 is 0. The van der Waals surface area contributed by atoms with E-state index in [0.29, 0.717) is 12.1 Å². The van der Waals surface area contributed by atoms with Crippen molar-refractivity contribution in [3.8, 4) is 0 Å². The van der Waals surface area contributed by atoms with Crippen molar-refractivity contribution in [2.24, 2.45) is 0 Å². The minimum atomic E-state index is 0.416. The van der Waals surface area contributed by atoms with Gasteiger partial charge in [0, 0.05) is 45.3 Å². The summed E-state index contributed by atoms with van der Waals surface area (Å²) in [6.07, 6.45) is 0.416. The maximum absolute atomic E-state index is 5.84. The van der Waals surface area contributed by atoms with Crippen LogP contribution in [0.4, 0.5) is 0 Å². The Balaban J connectivity index is 1.75. The zero-order chi connectivity index (χ0) is 11.4. The topological polar surface area (TPSA) is 27.7 Å². The second-order valence-corrected chi connectivity index (χ2v) is 5.00. The van der Waals surface area contributed by atoms with Gasteiger partial charge in [0.1, 0.15) is 0 Å². The van der Waals surface area contributed by atoms with E-state index in [1.807, 2.05) is 0 Å². The molecule has 4 heteroatoms. The second kappa shape index (κ2) is 5.96. The zero-order valence-corrected chi connectivity index (χ0v) is 10.6. The summed E-state index contributed by atoms with van der Waals surface area (Å²) in [5.41, 5.74) is 0. The van der Waals surface area contributed by atoms with Gasteiger partial charge in [-0.2, -0.15) is 0 Å². The molecule has 0 spiro atoms. The van der Waals surface area contributed by atoms with Gasteiger partial charge in [-0.1, -0.05) is 6.92 Å². The minimum absolute atomic E-state index is 0.416. The Bertz CT molecular complexity index is 212.